The molecule has 0 amide bonds. The third kappa shape index (κ3) is 2.34. The summed E-state index contributed by atoms with van der Waals surface area (Å²) in [5, 5.41) is 0. The summed E-state index contributed by atoms with van der Waals surface area (Å²) >= 11 is 6.85. The van der Waals surface area contributed by atoms with E-state index in [1.54, 1.807) is 6.07 Å². The minimum absolute atomic E-state index is 0.0420. The molecule has 0 unspecified atom stereocenters. The van der Waals surface area contributed by atoms with Crippen molar-refractivity contribution in [3.8, 4) is 0 Å². The van der Waals surface area contributed by atoms with E-state index in [4.69, 9.17) is 17.3 Å². The van der Waals surface area contributed by atoms with E-state index < -0.39 is 10.0 Å². The summed E-state index contributed by atoms with van der Waals surface area (Å²) in [5.41, 5.74) is 5.60. The smallest absolute Gasteiger partial charge is 0.250 e. The van der Waals surface area contributed by atoms with Gasteiger partial charge in [0.1, 0.15) is 4.21 Å². The van der Waals surface area contributed by atoms with E-state index in [-0.39, 0.29) is 27.1 Å². The first-order valence-corrected chi connectivity index (χ1v) is 8.70. The third-order valence-electron chi connectivity index (χ3n) is 4.18. The van der Waals surface area contributed by atoms with E-state index in [0.29, 0.717) is 4.34 Å². The number of nitrogens with two attached hydrogens (primary N) is 1. The monoisotopic (exact) mass is 322 g/mol. The van der Waals surface area contributed by atoms with Crippen molar-refractivity contribution in [2.75, 3.05) is 0 Å². The van der Waals surface area contributed by atoms with Gasteiger partial charge in [-0.3, -0.25) is 0 Å². The predicted molar refractivity (Wildman–Crippen MR) is 79.0 cm³/mol. The van der Waals surface area contributed by atoms with Crippen molar-refractivity contribution < 1.29 is 8.42 Å². The molecule has 7 heteroatoms. The number of hydrogen-bond acceptors (Lipinski definition) is 4. The van der Waals surface area contributed by atoms with Crippen molar-refractivity contribution in [2.45, 2.75) is 44.0 Å². The number of rotatable bonds is 3. The Kier molecular flexibility index (Phi) is 3.55. The van der Waals surface area contributed by atoms with Gasteiger partial charge in [-0.1, -0.05) is 39.3 Å². The number of sulfonamides is 1. The lowest BCUT2D eigenvalue weighted by molar-refractivity contribution is -0.0593. The molecule has 1 aliphatic rings. The molecule has 1 saturated carbocycles. The van der Waals surface area contributed by atoms with Crippen LogP contribution in [0.2, 0.25) is 4.34 Å². The maximum Gasteiger partial charge on any atom is 0.250 e. The Morgan fingerprint density at radius 3 is 2.21 bits per heavy atom. The maximum absolute atomic E-state index is 12.3. The average Bonchev–Trinajstić information content (AvgIpc) is 2.72. The van der Waals surface area contributed by atoms with Crippen molar-refractivity contribution in [3.63, 3.8) is 0 Å². The molecule has 1 aromatic rings. The number of hydrogen-bond donors (Lipinski definition) is 2. The van der Waals surface area contributed by atoms with Gasteiger partial charge in [0.25, 0.3) is 0 Å². The highest BCUT2D eigenvalue weighted by Crippen LogP contribution is 2.53. The zero-order valence-electron chi connectivity index (χ0n) is 11.4. The van der Waals surface area contributed by atoms with E-state index >= 15 is 0 Å². The second-order valence-corrected chi connectivity index (χ2v) is 9.89. The summed E-state index contributed by atoms with van der Waals surface area (Å²) in [4.78, 5) is 0. The highest BCUT2D eigenvalue weighted by molar-refractivity contribution is 7.91. The molecule has 2 rings (SSSR count). The van der Waals surface area contributed by atoms with Gasteiger partial charge in [-0.05, 0) is 23.0 Å². The van der Waals surface area contributed by atoms with Gasteiger partial charge in [-0.2, -0.15) is 0 Å². The Morgan fingerprint density at radius 1 is 1.26 bits per heavy atom. The van der Waals surface area contributed by atoms with Gasteiger partial charge >= 0.3 is 0 Å². The van der Waals surface area contributed by atoms with Gasteiger partial charge in [0.05, 0.1) is 4.34 Å². The molecule has 0 radical (unpaired) electrons. The third-order valence-corrected chi connectivity index (χ3v) is 7.32. The van der Waals surface area contributed by atoms with Crippen molar-refractivity contribution in [3.05, 3.63) is 16.5 Å². The fourth-order valence-corrected chi connectivity index (χ4v) is 6.19. The van der Waals surface area contributed by atoms with Crippen LogP contribution in [0.15, 0.2) is 16.3 Å². The van der Waals surface area contributed by atoms with Crippen LogP contribution in [0, 0.1) is 10.8 Å². The highest BCUT2D eigenvalue weighted by atomic mass is 35.5. The van der Waals surface area contributed by atoms with Crippen molar-refractivity contribution >= 4 is 33.0 Å². The number of nitrogens with one attached hydrogen (secondary N) is 1. The largest absolute Gasteiger partial charge is 0.327 e. The number of thiophene rings is 1. The van der Waals surface area contributed by atoms with Gasteiger partial charge in [0.15, 0.2) is 0 Å². The quantitative estimate of drug-likeness (QED) is 0.897. The second-order valence-electron chi connectivity index (χ2n) is 6.23. The molecule has 108 valence electrons. The molecule has 0 bridgehead atoms. The fraction of sp³-hybridized carbons (Fsp3) is 0.667. The summed E-state index contributed by atoms with van der Waals surface area (Å²) < 4.78 is 28.1. The summed E-state index contributed by atoms with van der Waals surface area (Å²) in [6.07, 6.45) is 0. The molecule has 4 nitrogen and oxygen atoms in total. The molecule has 0 atom stereocenters. The van der Waals surface area contributed by atoms with Crippen LogP contribution >= 0.6 is 22.9 Å². The van der Waals surface area contributed by atoms with Crippen LogP contribution in [0.5, 0.6) is 0 Å². The van der Waals surface area contributed by atoms with Crippen molar-refractivity contribution in [1.82, 2.24) is 4.72 Å². The molecule has 0 saturated heterocycles. The second kappa shape index (κ2) is 4.43. The maximum atomic E-state index is 12.3. The summed E-state index contributed by atoms with van der Waals surface area (Å²) in [6.45, 7) is 7.93. The molecular formula is C12H19ClN2O2S2. The van der Waals surface area contributed by atoms with Gasteiger partial charge in [-0.25, -0.2) is 13.1 Å². The first-order valence-electron chi connectivity index (χ1n) is 6.03. The molecule has 1 aliphatic carbocycles. The Balaban J connectivity index is 2.27. The summed E-state index contributed by atoms with van der Waals surface area (Å²) in [7, 11) is -3.54. The van der Waals surface area contributed by atoms with Crippen LogP contribution in [-0.4, -0.2) is 20.5 Å². The zero-order chi connectivity index (χ0) is 14.6. The standard InChI is InChI=1S/C12H19ClN2O2S2/c1-11(2)9(14)12(3,4)10(11)15-19(16,17)8-6-5-7(13)18-8/h5-6,9-10,15H,14H2,1-4H3. The Morgan fingerprint density at radius 2 is 1.79 bits per heavy atom. The fourth-order valence-electron chi connectivity index (χ4n) is 3.14. The summed E-state index contributed by atoms with van der Waals surface area (Å²) in [6, 6.07) is 2.87. The summed E-state index contributed by atoms with van der Waals surface area (Å²) in [5.74, 6) is 0. The first-order chi connectivity index (χ1) is 8.49. The van der Waals surface area contributed by atoms with Crippen LogP contribution in [0.1, 0.15) is 27.7 Å². The number of halogens is 1. The molecule has 1 heterocycles. The molecule has 0 aliphatic heterocycles. The van der Waals surface area contributed by atoms with Crippen LogP contribution < -0.4 is 10.5 Å². The predicted octanol–water partition coefficient (Wildman–Crippen LogP) is 2.44. The van der Waals surface area contributed by atoms with E-state index in [2.05, 4.69) is 4.72 Å². The molecule has 1 fully saturated rings. The zero-order valence-corrected chi connectivity index (χ0v) is 13.8. The van der Waals surface area contributed by atoms with Gasteiger partial charge in [0.2, 0.25) is 10.0 Å². The van der Waals surface area contributed by atoms with Crippen LogP contribution in [0.3, 0.4) is 0 Å². The van der Waals surface area contributed by atoms with Crippen LogP contribution in [0.25, 0.3) is 0 Å². The molecule has 19 heavy (non-hydrogen) atoms. The topological polar surface area (TPSA) is 72.2 Å². The molecule has 0 aromatic carbocycles. The Bertz CT molecular complexity index is 577. The minimum atomic E-state index is -3.54. The average molecular weight is 323 g/mol. The SMILES string of the molecule is CC1(C)C(N)C(C)(C)C1NS(=O)(=O)c1ccc(Cl)s1. The highest BCUT2D eigenvalue weighted by Gasteiger charge is 2.61. The van der Waals surface area contributed by atoms with E-state index in [1.165, 1.54) is 6.07 Å². The van der Waals surface area contributed by atoms with E-state index in [0.717, 1.165) is 11.3 Å². The Labute approximate surface area is 123 Å². The van der Waals surface area contributed by atoms with Crippen LogP contribution in [0.4, 0.5) is 0 Å². The lowest BCUT2D eigenvalue weighted by atomic mass is 9.49. The molecule has 0 spiro atoms. The van der Waals surface area contributed by atoms with Gasteiger partial charge < -0.3 is 5.73 Å². The van der Waals surface area contributed by atoms with Crippen LogP contribution in [-0.2, 0) is 10.0 Å². The first kappa shape index (κ1) is 15.3. The molecule has 3 N–H and O–H groups in total. The molecule has 1 aromatic heterocycles. The van der Waals surface area contributed by atoms with Crippen molar-refractivity contribution in [2.24, 2.45) is 16.6 Å². The molecular weight excluding hydrogens is 304 g/mol. The van der Waals surface area contributed by atoms with Gasteiger partial charge in [0, 0.05) is 12.1 Å². The van der Waals surface area contributed by atoms with Gasteiger partial charge in [-0.15, -0.1) is 11.3 Å². The normalized spacial score (nSPS) is 28.9. The Hall–Kier alpha value is -0.140. The minimum Gasteiger partial charge on any atom is -0.327 e. The van der Waals surface area contributed by atoms with E-state index in [1.807, 2.05) is 27.7 Å². The lowest BCUT2D eigenvalue weighted by Crippen LogP contribution is -2.75. The van der Waals surface area contributed by atoms with Crippen molar-refractivity contribution in [1.29, 1.82) is 0 Å². The lowest BCUT2D eigenvalue weighted by Gasteiger charge is -2.62. The van der Waals surface area contributed by atoms with E-state index in [9.17, 15) is 8.42 Å².